The third kappa shape index (κ3) is 4.14. The molecule has 0 aliphatic carbocycles. The van der Waals surface area contributed by atoms with E-state index in [-0.39, 0.29) is 18.4 Å². The molecule has 0 aliphatic heterocycles. The number of carbonyl (C=O) groups is 1. The van der Waals surface area contributed by atoms with Crippen molar-refractivity contribution in [1.29, 1.82) is 0 Å². The largest absolute Gasteiger partial charge is 0.379 e. The fourth-order valence-corrected chi connectivity index (χ4v) is 2.15. The van der Waals surface area contributed by atoms with E-state index in [4.69, 9.17) is 10.6 Å². The zero-order valence-electron chi connectivity index (χ0n) is 13.4. The van der Waals surface area contributed by atoms with Crippen molar-refractivity contribution in [1.82, 2.24) is 4.98 Å². The van der Waals surface area contributed by atoms with Crippen molar-refractivity contribution >= 4 is 12.1 Å². The van der Waals surface area contributed by atoms with Crippen LogP contribution in [0.15, 0.2) is 41.7 Å². The van der Waals surface area contributed by atoms with Crippen molar-refractivity contribution < 1.29 is 22.8 Å². The van der Waals surface area contributed by atoms with E-state index >= 15 is 0 Å². The first-order valence-electron chi connectivity index (χ1n) is 7.44. The van der Waals surface area contributed by atoms with Gasteiger partial charge in [-0.25, -0.2) is 13.2 Å². The minimum atomic E-state index is -1.62. The maximum Gasteiger partial charge on any atom is 0.264 e. The van der Waals surface area contributed by atoms with Gasteiger partial charge in [0.25, 0.3) is 5.91 Å². The Hall–Kier alpha value is -2.90. The van der Waals surface area contributed by atoms with E-state index in [0.29, 0.717) is 5.69 Å². The fraction of sp³-hybridized carbons (Fsp3) is 0.235. The number of halogens is 3. The first-order chi connectivity index (χ1) is 11.9. The molecule has 132 valence electrons. The number of hydrogen-bond acceptors (Lipinski definition) is 4. The van der Waals surface area contributed by atoms with Gasteiger partial charge < -0.3 is 10.6 Å². The second kappa shape index (κ2) is 7.78. The van der Waals surface area contributed by atoms with Crippen molar-refractivity contribution in [3.63, 3.8) is 0 Å². The molecule has 0 radical (unpaired) electrons. The number of aromatic nitrogens is 1. The van der Waals surface area contributed by atoms with E-state index in [0.717, 1.165) is 18.3 Å². The molecule has 2 aromatic rings. The number of primary amides is 1. The molecule has 25 heavy (non-hydrogen) atoms. The predicted molar refractivity (Wildman–Crippen MR) is 85.2 cm³/mol. The van der Waals surface area contributed by atoms with Gasteiger partial charge in [-0.1, -0.05) is 18.1 Å². The molecule has 2 N–H and O–H groups in total. The second-order valence-electron chi connectivity index (χ2n) is 5.30. The summed E-state index contributed by atoms with van der Waals surface area (Å²) >= 11 is 0. The molecule has 1 heterocycles. The van der Waals surface area contributed by atoms with Gasteiger partial charge in [0.2, 0.25) is 5.60 Å². The van der Waals surface area contributed by atoms with Crippen LogP contribution in [-0.4, -0.2) is 22.7 Å². The van der Waals surface area contributed by atoms with E-state index in [2.05, 4.69) is 10.1 Å². The molecule has 5 nitrogen and oxygen atoms in total. The highest BCUT2D eigenvalue weighted by molar-refractivity contribution is 5.84. The molecule has 1 atom stereocenters. The Balaban J connectivity index is 2.23. The third-order valence-corrected chi connectivity index (χ3v) is 3.70. The normalized spacial score (nSPS) is 13.6. The first kappa shape index (κ1) is 18.4. The Bertz CT molecular complexity index is 784. The minimum Gasteiger partial charge on any atom is -0.379 e. The second-order valence-corrected chi connectivity index (χ2v) is 5.30. The van der Waals surface area contributed by atoms with Gasteiger partial charge in [-0.2, -0.15) is 0 Å². The number of benzene rings is 1. The van der Waals surface area contributed by atoms with Gasteiger partial charge in [-0.05, 0) is 30.7 Å². The van der Waals surface area contributed by atoms with Crippen LogP contribution in [-0.2, 0) is 16.1 Å². The number of hydrogen-bond donors (Lipinski definition) is 1. The molecule has 1 aromatic heterocycles. The highest BCUT2D eigenvalue weighted by atomic mass is 19.2. The van der Waals surface area contributed by atoms with E-state index < -0.39 is 29.0 Å². The summed E-state index contributed by atoms with van der Waals surface area (Å²) in [4.78, 5) is 21.2. The van der Waals surface area contributed by atoms with Gasteiger partial charge in [-0.3, -0.25) is 9.78 Å². The summed E-state index contributed by atoms with van der Waals surface area (Å²) in [6.45, 7) is 1.67. The van der Waals surface area contributed by atoms with Crippen LogP contribution in [0.1, 0.15) is 24.6 Å². The van der Waals surface area contributed by atoms with Crippen LogP contribution in [0, 0.1) is 17.5 Å². The molecule has 0 fully saturated rings. The van der Waals surface area contributed by atoms with Crippen molar-refractivity contribution in [3.05, 3.63) is 65.2 Å². The summed E-state index contributed by atoms with van der Waals surface area (Å²) in [5.74, 6) is -5.11. The number of pyridine rings is 1. The maximum absolute atomic E-state index is 13.6. The molecule has 8 heteroatoms. The van der Waals surface area contributed by atoms with Gasteiger partial charge in [0.05, 0.1) is 6.21 Å². The maximum atomic E-state index is 13.6. The highest BCUT2D eigenvalue weighted by Gasteiger charge is 2.38. The number of amides is 1. The number of carbonyl (C=O) groups excluding carboxylic acids is 1. The van der Waals surface area contributed by atoms with Gasteiger partial charge in [0.1, 0.15) is 0 Å². The van der Waals surface area contributed by atoms with Crippen LogP contribution in [0.2, 0.25) is 0 Å². The Labute approximate surface area is 142 Å². The first-order valence-corrected chi connectivity index (χ1v) is 7.44. The molecule has 0 saturated heterocycles. The Morgan fingerprint density at radius 1 is 1.28 bits per heavy atom. The quantitative estimate of drug-likeness (QED) is 0.473. The number of nitrogens with two attached hydrogens (primary N) is 1. The molecule has 0 aliphatic rings. The zero-order chi connectivity index (χ0) is 18.4. The van der Waals surface area contributed by atoms with Crippen LogP contribution in [0.25, 0.3) is 0 Å². The number of rotatable bonds is 7. The topological polar surface area (TPSA) is 77.6 Å². The summed E-state index contributed by atoms with van der Waals surface area (Å²) < 4.78 is 39.7. The Morgan fingerprint density at radius 3 is 2.64 bits per heavy atom. The van der Waals surface area contributed by atoms with Gasteiger partial charge in [0, 0.05) is 23.9 Å². The lowest BCUT2D eigenvalue weighted by Gasteiger charge is -2.26. The van der Waals surface area contributed by atoms with Crippen molar-refractivity contribution in [2.24, 2.45) is 10.9 Å². The minimum absolute atomic E-state index is 0.0529. The average molecular weight is 351 g/mol. The summed E-state index contributed by atoms with van der Waals surface area (Å²) in [6, 6.07) is 6.90. The van der Waals surface area contributed by atoms with Gasteiger partial charge in [-0.15, -0.1) is 0 Å². The highest BCUT2D eigenvalue weighted by Crippen LogP contribution is 2.22. The Morgan fingerprint density at radius 2 is 2.04 bits per heavy atom. The average Bonchev–Trinajstić information content (AvgIpc) is 2.61. The number of oxime groups is 1. The SMILES string of the molecule is CCC(Cc1ccccn1)(O/N=C/c1ccc(F)c(F)c1F)C(N)=O. The van der Waals surface area contributed by atoms with E-state index in [9.17, 15) is 18.0 Å². The monoisotopic (exact) mass is 351 g/mol. The third-order valence-electron chi connectivity index (χ3n) is 3.70. The summed E-state index contributed by atoms with van der Waals surface area (Å²) in [6.07, 6.45) is 2.63. The number of nitrogens with zero attached hydrogens (tertiary/aromatic N) is 2. The summed E-state index contributed by atoms with van der Waals surface area (Å²) in [5.41, 5.74) is 4.16. The Kier molecular flexibility index (Phi) is 5.74. The fourth-order valence-electron chi connectivity index (χ4n) is 2.15. The lowest BCUT2D eigenvalue weighted by molar-refractivity contribution is -0.144. The molecule has 1 amide bonds. The lowest BCUT2D eigenvalue weighted by atomic mass is 9.93. The van der Waals surface area contributed by atoms with Crippen LogP contribution in [0.3, 0.4) is 0 Å². The van der Waals surface area contributed by atoms with Crippen LogP contribution in [0.5, 0.6) is 0 Å². The molecular weight excluding hydrogens is 335 g/mol. The molecule has 0 saturated carbocycles. The van der Waals surface area contributed by atoms with Gasteiger partial charge >= 0.3 is 0 Å². The molecule has 2 rings (SSSR count). The van der Waals surface area contributed by atoms with Crippen molar-refractivity contribution in [2.75, 3.05) is 0 Å². The smallest absolute Gasteiger partial charge is 0.264 e. The molecule has 1 aromatic carbocycles. The molecule has 0 spiro atoms. The van der Waals surface area contributed by atoms with E-state index in [1.54, 1.807) is 31.3 Å². The molecule has 1 unspecified atom stereocenters. The summed E-state index contributed by atoms with van der Waals surface area (Å²) in [5, 5.41) is 3.55. The van der Waals surface area contributed by atoms with Crippen molar-refractivity contribution in [2.45, 2.75) is 25.4 Å². The standard InChI is InChI=1S/C17H16F3N3O2/c1-2-17(16(21)24,9-12-5-3-4-8-22-12)25-23-10-11-6-7-13(18)15(20)14(11)19/h3-8,10H,2,9H2,1H3,(H2,21,24)/b23-10+. The van der Waals surface area contributed by atoms with Crippen molar-refractivity contribution in [3.8, 4) is 0 Å². The van der Waals surface area contributed by atoms with E-state index in [1.165, 1.54) is 0 Å². The lowest BCUT2D eigenvalue weighted by Crippen LogP contribution is -2.47. The van der Waals surface area contributed by atoms with Crippen LogP contribution >= 0.6 is 0 Å². The molecular formula is C17H16F3N3O2. The zero-order valence-corrected chi connectivity index (χ0v) is 13.4. The summed E-state index contributed by atoms with van der Waals surface area (Å²) in [7, 11) is 0. The van der Waals surface area contributed by atoms with E-state index in [1.807, 2.05) is 0 Å². The molecule has 0 bridgehead atoms. The van der Waals surface area contributed by atoms with Crippen LogP contribution < -0.4 is 5.73 Å². The van der Waals surface area contributed by atoms with Crippen LogP contribution in [0.4, 0.5) is 13.2 Å². The predicted octanol–water partition coefficient (Wildman–Crippen LogP) is 2.73. The van der Waals surface area contributed by atoms with Gasteiger partial charge in [0.15, 0.2) is 17.5 Å².